The molecule has 108 valence electrons. The number of thiophene rings is 1. The fourth-order valence-corrected chi connectivity index (χ4v) is 2.16. The van der Waals surface area contributed by atoms with E-state index in [1.54, 1.807) is 11.3 Å². The van der Waals surface area contributed by atoms with Crippen molar-refractivity contribution in [1.82, 2.24) is 15.5 Å². The lowest BCUT2D eigenvalue weighted by Gasteiger charge is -2.21. The molecule has 0 bridgehead atoms. The smallest absolute Gasteiger partial charge is 0.191 e. The van der Waals surface area contributed by atoms with Crippen molar-refractivity contribution in [2.75, 3.05) is 26.7 Å². The molecule has 2 N–H and O–H groups in total. The molecule has 1 aromatic rings. The van der Waals surface area contributed by atoms with E-state index in [1.165, 1.54) is 5.56 Å². The van der Waals surface area contributed by atoms with Crippen LogP contribution in [0.3, 0.4) is 0 Å². The number of hydrogen-bond acceptors (Lipinski definition) is 3. The minimum absolute atomic E-state index is 0.576. The zero-order valence-corrected chi connectivity index (χ0v) is 13.3. The zero-order valence-electron chi connectivity index (χ0n) is 12.4. The first kappa shape index (κ1) is 16.0. The Labute approximate surface area is 120 Å². The highest BCUT2D eigenvalue weighted by Gasteiger charge is 2.03. The summed E-state index contributed by atoms with van der Waals surface area (Å²) in [5, 5.41) is 10.9. The summed E-state index contributed by atoms with van der Waals surface area (Å²) in [5.41, 5.74) is 1.27. The van der Waals surface area contributed by atoms with Crippen LogP contribution in [0, 0.1) is 0 Å². The van der Waals surface area contributed by atoms with Crippen molar-refractivity contribution in [1.29, 1.82) is 0 Å². The van der Waals surface area contributed by atoms with Crippen molar-refractivity contribution < 1.29 is 0 Å². The largest absolute Gasteiger partial charge is 0.357 e. The summed E-state index contributed by atoms with van der Waals surface area (Å²) in [4.78, 5) is 6.90. The van der Waals surface area contributed by atoms with Crippen LogP contribution in [-0.2, 0) is 6.54 Å². The van der Waals surface area contributed by atoms with Crippen LogP contribution in [0.25, 0.3) is 0 Å². The summed E-state index contributed by atoms with van der Waals surface area (Å²) in [5.74, 6) is 0.894. The number of likely N-dealkylation sites (N-methyl/N-ethyl adjacent to an activating group) is 1. The van der Waals surface area contributed by atoms with E-state index in [0.717, 1.165) is 32.1 Å². The number of aliphatic imine (C=N–C) groups is 1. The first-order chi connectivity index (χ1) is 9.13. The summed E-state index contributed by atoms with van der Waals surface area (Å²) in [7, 11) is 2.14. The van der Waals surface area contributed by atoms with Crippen LogP contribution in [-0.4, -0.2) is 43.6 Å². The fourth-order valence-electron chi connectivity index (χ4n) is 1.50. The van der Waals surface area contributed by atoms with Gasteiger partial charge in [-0.25, -0.2) is 4.99 Å². The average Bonchev–Trinajstić information content (AvgIpc) is 2.88. The van der Waals surface area contributed by atoms with E-state index in [2.05, 4.69) is 65.2 Å². The lowest BCUT2D eigenvalue weighted by molar-refractivity contribution is 0.278. The van der Waals surface area contributed by atoms with E-state index in [1.807, 2.05) is 0 Å². The third kappa shape index (κ3) is 6.59. The zero-order chi connectivity index (χ0) is 14.1. The molecule has 1 heterocycles. The number of rotatable bonds is 7. The predicted molar refractivity (Wildman–Crippen MR) is 84.9 cm³/mol. The summed E-state index contributed by atoms with van der Waals surface area (Å²) in [6.45, 7) is 10.0. The van der Waals surface area contributed by atoms with Crippen molar-refractivity contribution in [3.63, 3.8) is 0 Å². The quantitative estimate of drug-likeness (QED) is 0.594. The summed E-state index contributed by atoms with van der Waals surface area (Å²) in [6.07, 6.45) is 0. The highest BCUT2D eigenvalue weighted by atomic mass is 32.1. The molecule has 1 aromatic heterocycles. The summed E-state index contributed by atoms with van der Waals surface area (Å²) < 4.78 is 0. The second-order valence-corrected chi connectivity index (χ2v) is 5.61. The maximum Gasteiger partial charge on any atom is 0.191 e. The van der Waals surface area contributed by atoms with E-state index in [-0.39, 0.29) is 0 Å². The molecule has 0 aliphatic rings. The molecule has 0 spiro atoms. The lowest BCUT2D eigenvalue weighted by atomic mass is 10.3. The van der Waals surface area contributed by atoms with Crippen LogP contribution in [0.15, 0.2) is 21.8 Å². The van der Waals surface area contributed by atoms with Crippen molar-refractivity contribution in [3.05, 3.63) is 22.4 Å². The van der Waals surface area contributed by atoms with Gasteiger partial charge in [-0.2, -0.15) is 11.3 Å². The Morgan fingerprint density at radius 2 is 2.21 bits per heavy atom. The topological polar surface area (TPSA) is 39.7 Å². The van der Waals surface area contributed by atoms with Crippen molar-refractivity contribution in [2.45, 2.75) is 33.4 Å². The fraction of sp³-hybridized carbons (Fsp3) is 0.643. The van der Waals surface area contributed by atoms with Crippen LogP contribution < -0.4 is 10.6 Å². The molecule has 0 aliphatic heterocycles. The number of hydrogen-bond donors (Lipinski definition) is 2. The second-order valence-electron chi connectivity index (χ2n) is 4.83. The Morgan fingerprint density at radius 3 is 2.79 bits per heavy atom. The number of nitrogens with zero attached hydrogens (tertiary/aromatic N) is 2. The van der Waals surface area contributed by atoms with Gasteiger partial charge in [-0.15, -0.1) is 0 Å². The molecule has 0 atom stereocenters. The van der Waals surface area contributed by atoms with E-state index in [4.69, 9.17) is 0 Å². The minimum Gasteiger partial charge on any atom is -0.357 e. The maximum absolute atomic E-state index is 4.58. The monoisotopic (exact) mass is 282 g/mol. The van der Waals surface area contributed by atoms with E-state index >= 15 is 0 Å². The first-order valence-corrected chi connectivity index (χ1v) is 7.81. The molecule has 0 unspecified atom stereocenters. The molecular weight excluding hydrogens is 256 g/mol. The first-order valence-electron chi connectivity index (χ1n) is 6.87. The van der Waals surface area contributed by atoms with Crippen molar-refractivity contribution in [3.8, 4) is 0 Å². The van der Waals surface area contributed by atoms with Gasteiger partial charge in [-0.1, -0.05) is 0 Å². The van der Waals surface area contributed by atoms with Crippen LogP contribution in [0.4, 0.5) is 0 Å². The molecular formula is C14H26N4S. The van der Waals surface area contributed by atoms with Gasteiger partial charge in [0.1, 0.15) is 0 Å². The van der Waals surface area contributed by atoms with Gasteiger partial charge in [0.15, 0.2) is 5.96 Å². The van der Waals surface area contributed by atoms with Gasteiger partial charge in [0.25, 0.3) is 0 Å². The van der Waals surface area contributed by atoms with Gasteiger partial charge >= 0.3 is 0 Å². The molecule has 1 rings (SSSR count). The Kier molecular flexibility index (Phi) is 7.52. The maximum atomic E-state index is 4.58. The lowest BCUT2D eigenvalue weighted by Crippen LogP contribution is -2.42. The number of guanidine groups is 1. The number of nitrogens with one attached hydrogen (secondary N) is 2. The Balaban J connectivity index is 2.37. The minimum atomic E-state index is 0.576. The van der Waals surface area contributed by atoms with Crippen molar-refractivity contribution in [2.24, 2.45) is 4.99 Å². The van der Waals surface area contributed by atoms with Crippen LogP contribution in [0.1, 0.15) is 26.3 Å². The van der Waals surface area contributed by atoms with Gasteiger partial charge in [0.2, 0.25) is 0 Å². The molecule has 0 amide bonds. The molecule has 0 fully saturated rings. The third-order valence-corrected chi connectivity index (χ3v) is 3.71. The highest BCUT2D eigenvalue weighted by Crippen LogP contribution is 2.06. The normalized spacial score (nSPS) is 12.2. The van der Waals surface area contributed by atoms with Crippen LogP contribution in [0.2, 0.25) is 0 Å². The molecule has 4 nitrogen and oxygen atoms in total. The SMILES string of the molecule is CCNC(=NCc1ccsc1)NCCN(C)C(C)C. The second kappa shape index (κ2) is 8.93. The standard InChI is InChI=1S/C14H26N4S/c1-5-15-14(16-7-8-18(4)12(2)3)17-10-13-6-9-19-11-13/h6,9,11-12H,5,7-8,10H2,1-4H3,(H2,15,16,17). The Hall–Kier alpha value is -1.07. The van der Waals surface area contributed by atoms with E-state index in [9.17, 15) is 0 Å². The Bertz CT molecular complexity index is 360. The Morgan fingerprint density at radius 1 is 1.42 bits per heavy atom. The van der Waals surface area contributed by atoms with Gasteiger partial charge in [0, 0.05) is 25.7 Å². The van der Waals surface area contributed by atoms with Gasteiger partial charge in [0.05, 0.1) is 6.54 Å². The molecule has 0 saturated heterocycles. The van der Waals surface area contributed by atoms with Crippen molar-refractivity contribution >= 4 is 17.3 Å². The van der Waals surface area contributed by atoms with Crippen LogP contribution in [0.5, 0.6) is 0 Å². The third-order valence-electron chi connectivity index (χ3n) is 2.98. The van der Waals surface area contributed by atoms with E-state index in [0.29, 0.717) is 6.04 Å². The molecule has 0 radical (unpaired) electrons. The van der Waals surface area contributed by atoms with Crippen LogP contribution >= 0.6 is 11.3 Å². The van der Waals surface area contributed by atoms with Gasteiger partial charge < -0.3 is 15.5 Å². The highest BCUT2D eigenvalue weighted by molar-refractivity contribution is 7.07. The predicted octanol–water partition coefficient (Wildman–Crippen LogP) is 2.14. The molecule has 0 saturated carbocycles. The molecule has 0 aliphatic carbocycles. The summed E-state index contributed by atoms with van der Waals surface area (Å²) in [6, 6.07) is 2.69. The summed E-state index contributed by atoms with van der Waals surface area (Å²) >= 11 is 1.71. The molecule has 19 heavy (non-hydrogen) atoms. The van der Waals surface area contributed by atoms with Gasteiger partial charge in [-0.3, -0.25) is 0 Å². The van der Waals surface area contributed by atoms with E-state index < -0.39 is 0 Å². The molecule has 0 aromatic carbocycles. The average molecular weight is 282 g/mol. The molecule has 5 heteroatoms. The van der Waals surface area contributed by atoms with Gasteiger partial charge in [-0.05, 0) is 50.2 Å².